The Kier molecular flexibility index (Phi) is 4.75. The normalized spacial score (nSPS) is 8.86. The average Bonchev–Trinajstić information content (AvgIpc) is 1.68. The Morgan fingerprint density at radius 1 is 1.71 bits per heavy atom. The van der Waals surface area contributed by atoms with Crippen LogP contribution in [0.3, 0.4) is 0 Å². The lowest BCUT2D eigenvalue weighted by Crippen LogP contribution is -2.00. The third-order valence-electron chi connectivity index (χ3n) is 0.540. The van der Waals surface area contributed by atoms with E-state index in [0.717, 1.165) is 0 Å². The SMILES string of the molecule is O=C(CI)CCO. The Labute approximate surface area is 56.1 Å². The predicted molar refractivity (Wildman–Crippen MR) is 35.6 cm³/mol. The molecule has 0 radical (unpaired) electrons. The number of rotatable bonds is 3. The number of aliphatic hydroxyl groups is 1. The Morgan fingerprint density at radius 3 is 2.43 bits per heavy atom. The van der Waals surface area contributed by atoms with Crippen LogP contribution in [0.1, 0.15) is 6.42 Å². The minimum absolute atomic E-state index is 0.0121. The van der Waals surface area contributed by atoms with Crippen LogP contribution in [0, 0.1) is 0 Å². The molecule has 0 aromatic rings. The second-order valence-corrected chi connectivity index (χ2v) is 1.91. The molecule has 7 heavy (non-hydrogen) atoms. The van der Waals surface area contributed by atoms with Crippen molar-refractivity contribution >= 4 is 28.4 Å². The molecule has 0 spiro atoms. The van der Waals surface area contributed by atoms with Gasteiger partial charge in [0.1, 0.15) is 5.78 Å². The van der Waals surface area contributed by atoms with Crippen molar-refractivity contribution in [3.05, 3.63) is 0 Å². The van der Waals surface area contributed by atoms with Crippen LogP contribution in [0.2, 0.25) is 0 Å². The number of hydrogen-bond acceptors (Lipinski definition) is 2. The second kappa shape index (κ2) is 4.52. The van der Waals surface area contributed by atoms with E-state index in [1.807, 2.05) is 22.6 Å². The number of alkyl halides is 1. The van der Waals surface area contributed by atoms with Crippen molar-refractivity contribution in [2.75, 3.05) is 11.0 Å². The molecular weight excluding hydrogens is 207 g/mol. The fourth-order valence-corrected chi connectivity index (χ4v) is 0.573. The summed E-state index contributed by atoms with van der Waals surface area (Å²) in [6.07, 6.45) is 0.308. The molecule has 0 unspecified atom stereocenters. The summed E-state index contributed by atoms with van der Waals surface area (Å²) < 4.78 is 0.512. The number of aliphatic hydroxyl groups excluding tert-OH is 1. The van der Waals surface area contributed by atoms with Gasteiger partial charge in [-0.15, -0.1) is 0 Å². The highest BCUT2D eigenvalue weighted by atomic mass is 127. The summed E-state index contributed by atoms with van der Waals surface area (Å²) in [6, 6.07) is 0. The molecule has 0 heterocycles. The summed E-state index contributed by atoms with van der Waals surface area (Å²) in [7, 11) is 0. The first-order valence-corrected chi connectivity index (χ1v) is 3.52. The highest BCUT2D eigenvalue weighted by molar-refractivity contribution is 14.1. The maximum Gasteiger partial charge on any atom is 0.144 e. The molecule has 0 aliphatic rings. The second-order valence-electron chi connectivity index (χ2n) is 1.15. The maximum atomic E-state index is 10.2. The number of Topliss-reactive ketones (excluding diaryl/α,β-unsaturated/α-hetero) is 1. The third-order valence-corrected chi connectivity index (χ3v) is 1.39. The van der Waals surface area contributed by atoms with Crippen LogP contribution in [0.25, 0.3) is 0 Å². The topological polar surface area (TPSA) is 37.3 Å². The monoisotopic (exact) mass is 214 g/mol. The Morgan fingerprint density at radius 2 is 2.29 bits per heavy atom. The zero-order chi connectivity index (χ0) is 5.70. The number of halogens is 1. The molecule has 1 N–H and O–H groups in total. The number of carbonyl (C=O) groups excluding carboxylic acids is 1. The van der Waals surface area contributed by atoms with Crippen molar-refractivity contribution in [2.45, 2.75) is 6.42 Å². The molecule has 0 amide bonds. The van der Waals surface area contributed by atoms with Crippen LogP contribution in [-0.2, 0) is 4.79 Å². The van der Waals surface area contributed by atoms with E-state index in [-0.39, 0.29) is 12.4 Å². The summed E-state index contributed by atoms with van der Waals surface area (Å²) in [6.45, 7) is -0.0121. The van der Waals surface area contributed by atoms with Crippen molar-refractivity contribution in [3.63, 3.8) is 0 Å². The van der Waals surface area contributed by atoms with Crippen LogP contribution in [-0.4, -0.2) is 21.9 Å². The van der Waals surface area contributed by atoms with Crippen molar-refractivity contribution in [2.24, 2.45) is 0 Å². The van der Waals surface area contributed by atoms with Crippen molar-refractivity contribution in [3.8, 4) is 0 Å². The van der Waals surface area contributed by atoms with Gasteiger partial charge in [0.15, 0.2) is 0 Å². The first kappa shape index (κ1) is 7.36. The molecular formula is C4H7IO2. The smallest absolute Gasteiger partial charge is 0.144 e. The predicted octanol–water partition coefficient (Wildman–Crippen LogP) is 0.373. The minimum atomic E-state index is -0.0121. The van der Waals surface area contributed by atoms with E-state index in [1.54, 1.807) is 0 Å². The molecule has 0 rings (SSSR count). The lowest BCUT2D eigenvalue weighted by atomic mass is 10.3. The van der Waals surface area contributed by atoms with E-state index in [0.29, 0.717) is 10.8 Å². The standard InChI is InChI=1S/C4H7IO2/c5-3-4(7)1-2-6/h6H,1-3H2. The van der Waals surface area contributed by atoms with Crippen LogP contribution in [0.4, 0.5) is 0 Å². The van der Waals surface area contributed by atoms with Gasteiger partial charge in [0, 0.05) is 13.0 Å². The van der Waals surface area contributed by atoms with Gasteiger partial charge in [-0.3, -0.25) is 4.79 Å². The van der Waals surface area contributed by atoms with Crippen LogP contribution < -0.4 is 0 Å². The molecule has 0 aliphatic carbocycles. The lowest BCUT2D eigenvalue weighted by Gasteiger charge is -1.85. The molecule has 0 atom stereocenters. The molecule has 0 fully saturated rings. The van der Waals surface area contributed by atoms with Crippen LogP contribution in [0.15, 0.2) is 0 Å². The molecule has 42 valence electrons. The fourth-order valence-electron chi connectivity index (χ4n) is 0.192. The van der Waals surface area contributed by atoms with Gasteiger partial charge in [-0.2, -0.15) is 0 Å². The molecule has 3 heteroatoms. The van der Waals surface area contributed by atoms with Gasteiger partial charge in [-0.1, -0.05) is 22.6 Å². The highest BCUT2D eigenvalue weighted by Crippen LogP contribution is 1.86. The van der Waals surface area contributed by atoms with Crippen molar-refractivity contribution < 1.29 is 9.90 Å². The molecule has 0 bridgehead atoms. The molecule has 0 saturated carbocycles. The molecule has 0 saturated heterocycles. The van der Waals surface area contributed by atoms with Gasteiger partial charge in [0.25, 0.3) is 0 Å². The molecule has 0 aromatic heterocycles. The Balaban J connectivity index is 3.00. The minimum Gasteiger partial charge on any atom is -0.396 e. The molecule has 0 aliphatic heterocycles. The first-order chi connectivity index (χ1) is 3.31. The van der Waals surface area contributed by atoms with Gasteiger partial charge in [0.2, 0.25) is 0 Å². The van der Waals surface area contributed by atoms with Gasteiger partial charge in [0.05, 0.1) is 4.43 Å². The maximum absolute atomic E-state index is 10.2. The van der Waals surface area contributed by atoms with E-state index >= 15 is 0 Å². The molecule has 0 aromatic carbocycles. The number of ketones is 1. The van der Waals surface area contributed by atoms with E-state index in [2.05, 4.69) is 0 Å². The Bertz CT molecular complexity index is 62.7. The van der Waals surface area contributed by atoms with Crippen molar-refractivity contribution in [1.82, 2.24) is 0 Å². The number of hydrogen-bond donors (Lipinski definition) is 1. The van der Waals surface area contributed by atoms with E-state index in [9.17, 15) is 4.79 Å². The van der Waals surface area contributed by atoms with Crippen LogP contribution >= 0.6 is 22.6 Å². The summed E-state index contributed by atoms with van der Waals surface area (Å²) in [5.41, 5.74) is 0. The zero-order valence-corrected chi connectivity index (χ0v) is 6.01. The average molecular weight is 214 g/mol. The van der Waals surface area contributed by atoms with Gasteiger partial charge < -0.3 is 5.11 Å². The van der Waals surface area contributed by atoms with E-state index in [4.69, 9.17) is 5.11 Å². The van der Waals surface area contributed by atoms with E-state index < -0.39 is 0 Å². The summed E-state index contributed by atoms with van der Waals surface area (Å²) in [5.74, 6) is 0.114. The highest BCUT2D eigenvalue weighted by Gasteiger charge is 1.93. The van der Waals surface area contributed by atoms with Gasteiger partial charge in [-0.05, 0) is 0 Å². The largest absolute Gasteiger partial charge is 0.396 e. The molecule has 2 nitrogen and oxygen atoms in total. The summed E-state index contributed by atoms with van der Waals surface area (Å²) in [4.78, 5) is 10.2. The van der Waals surface area contributed by atoms with Gasteiger partial charge >= 0.3 is 0 Å². The zero-order valence-electron chi connectivity index (χ0n) is 3.85. The van der Waals surface area contributed by atoms with Crippen molar-refractivity contribution in [1.29, 1.82) is 0 Å². The summed E-state index contributed by atoms with van der Waals surface area (Å²) >= 11 is 1.98. The first-order valence-electron chi connectivity index (χ1n) is 1.99. The number of carbonyl (C=O) groups is 1. The third kappa shape index (κ3) is 4.21. The summed E-state index contributed by atoms with van der Waals surface area (Å²) in [5, 5.41) is 8.14. The fraction of sp³-hybridized carbons (Fsp3) is 0.750. The quantitative estimate of drug-likeness (QED) is 0.544. The van der Waals surface area contributed by atoms with Gasteiger partial charge in [-0.25, -0.2) is 0 Å². The van der Waals surface area contributed by atoms with Crippen LogP contribution in [0.5, 0.6) is 0 Å². The van der Waals surface area contributed by atoms with E-state index in [1.165, 1.54) is 0 Å². The Hall–Kier alpha value is 0.360. The lowest BCUT2D eigenvalue weighted by molar-refractivity contribution is -0.116.